The molecule has 112 valence electrons. The molecule has 1 aliphatic heterocycles. The number of amides is 2. The van der Waals surface area contributed by atoms with Crippen LogP contribution >= 0.6 is 0 Å². The van der Waals surface area contributed by atoms with Crippen LogP contribution in [0, 0.1) is 12.7 Å². The van der Waals surface area contributed by atoms with Crippen LogP contribution in [0.25, 0.3) is 0 Å². The van der Waals surface area contributed by atoms with Crippen molar-refractivity contribution < 1.29 is 14.0 Å². The van der Waals surface area contributed by atoms with E-state index in [1.165, 1.54) is 4.90 Å². The minimum Gasteiger partial charge on any atom is -0.274 e. The number of carbonyl (C=O) groups is 2. The van der Waals surface area contributed by atoms with Gasteiger partial charge >= 0.3 is 0 Å². The molecule has 0 aliphatic carbocycles. The number of carbonyl (C=O) groups excluding carboxylic acids is 2. The number of hydrogen-bond acceptors (Lipinski definition) is 2. The maximum atomic E-state index is 13.9. The molecule has 0 spiro atoms. The highest BCUT2D eigenvalue weighted by molar-refractivity contribution is 6.21. The fourth-order valence-electron chi connectivity index (χ4n) is 2.77. The Morgan fingerprint density at radius 2 is 1.59 bits per heavy atom. The molecule has 2 amide bonds. The minimum absolute atomic E-state index is 0.204. The zero-order valence-corrected chi connectivity index (χ0v) is 12.3. The fourth-order valence-corrected chi connectivity index (χ4v) is 2.77. The van der Waals surface area contributed by atoms with Crippen LogP contribution in [0.4, 0.5) is 4.39 Å². The number of nitrogens with zero attached hydrogens (tertiary/aromatic N) is 1. The summed E-state index contributed by atoms with van der Waals surface area (Å²) in [7, 11) is 0. The van der Waals surface area contributed by atoms with Crippen LogP contribution in [-0.2, 0) is 6.42 Å². The Hall–Kier alpha value is -2.49. The van der Waals surface area contributed by atoms with Gasteiger partial charge in [-0.3, -0.25) is 14.5 Å². The molecule has 2 aromatic carbocycles. The molecule has 0 bridgehead atoms. The van der Waals surface area contributed by atoms with Crippen LogP contribution in [0.1, 0.15) is 38.3 Å². The summed E-state index contributed by atoms with van der Waals surface area (Å²) in [5.41, 5.74) is 2.14. The molecule has 0 unspecified atom stereocenters. The lowest BCUT2D eigenvalue weighted by Gasteiger charge is -2.14. The maximum absolute atomic E-state index is 13.9. The third-order valence-corrected chi connectivity index (χ3v) is 3.98. The Balaban J connectivity index is 1.67. The lowest BCUT2D eigenvalue weighted by molar-refractivity contribution is 0.0652. The van der Waals surface area contributed by atoms with E-state index in [0.717, 1.165) is 0 Å². The van der Waals surface area contributed by atoms with E-state index in [1.807, 2.05) is 6.07 Å². The van der Waals surface area contributed by atoms with Crippen LogP contribution in [0.5, 0.6) is 0 Å². The van der Waals surface area contributed by atoms with Gasteiger partial charge in [-0.05, 0) is 43.0 Å². The van der Waals surface area contributed by atoms with Gasteiger partial charge in [0.1, 0.15) is 5.82 Å². The molecule has 2 aromatic rings. The molecule has 3 nitrogen and oxygen atoms in total. The largest absolute Gasteiger partial charge is 0.274 e. The van der Waals surface area contributed by atoms with E-state index >= 15 is 0 Å². The molecule has 3 rings (SSSR count). The Kier molecular flexibility index (Phi) is 3.75. The van der Waals surface area contributed by atoms with Crippen LogP contribution in [0.15, 0.2) is 42.5 Å². The van der Waals surface area contributed by atoms with E-state index in [2.05, 4.69) is 0 Å². The predicted octanol–water partition coefficient (Wildman–Crippen LogP) is 3.36. The summed E-state index contributed by atoms with van der Waals surface area (Å²) in [5, 5.41) is 0. The van der Waals surface area contributed by atoms with Gasteiger partial charge in [-0.25, -0.2) is 4.39 Å². The monoisotopic (exact) mass is 297 g/mol. The van der Waals surface area contributed by atoms with Crippen molar-refractivity contribution in [3.05, 3.63) is 70.5 Å². The topological polar surface area (TPSA) is 37.4 Å². The molecule has 0 radical (unpaired) electrons. The standard InChI is InChI=1S/C18H16FNO2/c1-12-6-4-7-13(16(12)19)8-5-11-20-17(21)14-9-2-3-10-15(14)18(20)22/h2-4,6-7,9-10H,5,8,11H2,1H3. The van der Waals surface area contributed by atoms with Crippen molar-refractivity contribution in [1.29, 1.82) is 0 Å². The van der Waals surface area contributed by atoms with Gasteiger partial charge in [0.05, 0.1) is 11.1 Å². The number of halogens is 1. The second-order valence-electron chi connectivity index (χ2n) is 5.46. The molecule has 0 fully saturated rings. The normalized spacial score (nSPS) is 13.6. The highest BCUT2D eigenvalue weighted by atomic mass is 19.1. The summed E-state index contributed by atoms with van der Waals surface area (Å²) in [6, 6.07) is 12.1. The van der Waals surface area contributed by atoms with Crippen molar-refractivity contribution in [3.8, 4) is 0 Å². The third-order valence-electron chi connectivity index (χ3n) is 3.98. The molecule has 1 aliphatic rings. The van der Waals surface area contributed by atoms with Crippen molar-refractivity contribution in [2.24, 2.45) is 0 Å². The third kappa shape index (κ3) is 2.41. The van der Waals surface area contributed by atoms with Crippen LogP contribution in [0.2, 0.25) is 0 Å². The lowest BCUT2D eigenvalue weighted by Crippen LogP contribution is -2.31. The average Bonchev–Trinajstić information content (AvgIpc) is 2.77. The average molecular weight is 297 g/mol. The molecule has 0 atom stereocenters. The minimum atomic E-state index is -0.259. The highest BCUT2D eigenvalue weighted by Gasteiger charge is 2.34. The van der Waals surface area contributed by atoms with Gasteiger partial charge in [-0.15, -0.1) is 0 Å². The van der Waals surface area contributed by atoms with Crippen molar-refractivity contribution in [1.82, 2.24) is 4.90 Å². The molecule has 0 aromatic heterocycles. The first-order valence-electron chi connectivity index (χ1n) is 7.29. The van der Waals surface area contributed by atoms with E-state index in [4.69, 9.17) is 0 Å². The Morgan fingerprint density at radius 3 is 2.23 bits per heavy atom. The highest BCUT2D eigenvalue weighted by Crippen LogP contribution is 2.23. The van der Waals surface area contributed by atoms with Gasteiger partial charge in [-0.1, -0.05) is 30.3 Å². The van der Waals surface area contributed by atoms with E-state index in [1.54, 1.807) is 43.3 Å². The molecular formula is C18H16FNO2. The summed E-state index contributed by atoms with van der Waals surface area (Å²) in [6.45, 7) is 2.03. The van der Waals surface area contributed by atoms with Crippen LogP contribution < -0.4 is 0 Å². The predicted molar refractivity (Wildman–Crippen MR) is 81.3 cm³/mol. The maximum Gasteiger partial charge on any atom is 0.261 e. The molecule has 4 heteroatoms. The van der Waals surface area contributed by atoms with Crippen molar-refractivity contribution in [2.45, 2.75) is 19.8 Å². The number of fused-ring (bicyclic) bond motifs is 1. The number of hydrogen-bond donors (Lipinski definition) is 0. The first-order chi connectivity index (χ1) is 10.6. The van der Waals surface area contributed by atoms with E-state index in [9.17, 15) is 14.0 Å². The Morgan fingerprint density at radius 1 is 0.955 bits per heavy atom. The molecule has 1 heterocycles. The fraction of sp³-hybridized carbons (Fsp3) is 0.222. The zero-order chi connectivity index (χ0) is 15.7. The van der Waals surface area contributed by atoms with Gasteiger partial charge < -0.3 is 0 Å². The van der Waals surface area contributed by atoms with Gasteiger partial charge in [0.15, 0.2) is 0 Å². The van der Waals surface area contributed by atoms with E-state index < -0.39 is 0 Å². The zero-order valence-electron chi connectivity index (χ0n) is 12.3. The number of rotatable bonds is 4. The second-order valence-corrected chi connectivity index (χ2v) is 5.46. The van der Waals surface area contributed by atoms with Gasteiger partial charge in [0.2, 0.25) is 0 Å². The van der Waals surface area contributed by atoms with E-state index in [0.29, 0.717) is 41.6 Å². The van der Waals surface area contributed by atoms with Crippen molar-refractivity contribution >= 4 is 11.8 Å². The van der Waals surface area contributed by atoms with E-state index in [-0.39, 0.29) is 17.6 Å². The summed E-state index contributed by atoms with van der Waals surface area (Å²) in [6.07, 6.45) is 1.05. The second kappa shape index (κ2) is 5.72. The van der Waals surface area contributed by atoms with Gasteiger partial charge in [0, 0.05) is 6.54 Å². The SMILES string of the molecule is Cc1cccc(CCCN2C(=O)c3ccccc3C2=O)c1F. The summed E-state index contributed by atoms with van der Waals surface area (Å²) >= 11 is 0. The Labute approximate surface area is 128 Å². The summed E-state index contributed by atoms with van der Waals surface area (Å²) in [4.78, 5) is 25.7. The molecule has 22 heavy (non-hydrogen) atoms. The van der Waals surface area contributed by atoms with Crippen LogP contribution in [0.3, 0.4) is 0 Å². The smallest absolute Gasteiger partial charge is 0.261 e. The first kappa shape index (κ1) is 14.4. The lowest BCUT2D eigenvalue weighted by atomic mass is 10.1. The molecule has 0 saturated heterocycles. The van der Waals surface area contributed by atoms with Crippen LogP contribution in [-0.4, -0.2) is 23.3 Å². The van der Waals surface area contributed by atoms with Crippen molar-refractivity contribution in [3.63, 3.8) is 0 Å². The number of benzene rings is 2. The molecule has 0 N–H and O–H groups in total. The van der Waals surface area contributed by atoms with Gasteiger partial charge in [-0.2, -0.15) is 0 Å². The molecular weight excluding hydrogens is 281 g/mol. The quantitative estimate of drug-likeness (QED) is 0.811. The van der Waals surface area contributed by atoms with Gasteiger partial charge in [0.25, 0.3) is 11.8 Å². The van der Waals surface area contributed by atoms with Crippen molar-refractivity contribution in [2.75, 3.05) is 6.54 Å². The summed E-state index contributed by atoms with van der Waals surface area (Å²) < 4.78 is 13.9. The first-order valence-corrected chi connectivity index (χ1v) is 7.29. The Bertz CT molecular complexity index is 720. The summed E-state index contributed by atoms with van der Waals surface area (Å²) in [5.74, 6) is -0.722. The molecule has 0 saturated carbocycles. The number of imide groups is 1. The number of aryl methyl sites for hydroxylation is 2.